The van der Waals surface area contributed by atoms with Crippen molar-refractivity contribution in [2.75, 3.05) is 23.7 Å². The number of nitrogens with one attached hydrogen (secondary N) is 3. The molecule has 1 aromatic heterocycles. The number of benzene rings is 4. The molecule has 8 nitrogen and oxygen atoms in total. The van der Waals surface area contributed by atoms with Crippen LogP contribution in [0.4, 0.5) is 28.9 Å². The fraction of sp³-hybridized carbons (Fsp3) is 0.0938. The summed E-state index contributed by atoms with van der Waals surface area (Å²) in [6.07, 6.45) is -4.46. The largest absolute Gasteiger partial charge is 0.457 e. The predicted molar refractivity (Wildman–Crippen MR) is 156 cm³/mol. The fourth-order valence-electron chi connectivity index (χ4n) is 4.33. The summed E-state index contributed by atoms with van der Waals surface area (Å²) in [4.78, 5) is 43.0. The molecular formula is C32H24F4N4O4. The van der Waals surface area contributed by atoms with Crippen molar-refractivity contribution in [2.45, 2.75) is 6.18 Å². The van der Waals surface area contributed by atoms with Gasteiger partial charge in [-0.05, 0) is 72.8 Å². The number of ether oxygens (including phenoxy) is 1. The molecule has 0 unspecified atom stereocenters. The number of alkyl halides is 3. The van der Waals surface area contributed by atoms with Crippen molar-refractivity contribution in [1.29, 1.82) is 0 Å². The molecule has 0 bridgehead atoms. The van der Waals surface area contributed by atoms with Crippen molar-refractivity contribution in [3.8, 4) is 11.5 Å². The van der Waals surface area contributed by atoms with Gasteiger partial charge in [-0.15, -0.1) is 0 Å². The zero-order valence-corrected chi connectivity index (χ0v) is 22.8. The van der Waals surface area contributed by atoms with Gasteiger partial charge in [0.2, 0.25) is 11.8 Å². The number of para-hydroxylation sites is 2. The van der Waals surface area contributed by atoms with E-state index in [0.29, 0.717) is 22.5 Å². The van der Waals surface area contributed by atoms with Crippen LogP contribution in [-0.2, 0) is 15.8 Å². The Balaban J connectivity index is 1.27. The molecule has 44 heavy (non-hydrogen) atoms. The number of anilines is 2. The van der Waals surface area contributed by atoms with Gasteiger partial charge in [-0.2, -0.15) is 13.2 Å². The van der Waals surface area contributed by atoms with Crippen LogP contribution in [0.25, 0.3) is 10.9 Å². The molecule has 3 amide bonds. The lowest BCUT2D eigenvalue weighted by Gasteiger charge is -2.21. The molecule has 4 aromatic carbocycles. The van der Waals surface area contributed by atoms with Gasteiger partial charge in [0, 0.05) is 16.8 Å². The number of H-pyrrole nitrogens is 1. The molecule has 0 aliphatic carbocycles. The van der Waals surface area contributed by atoms with Crippen LogP contribution in [-0.4, -0.2) is 40.7 Å². The molecule has 0 aliphatic rings. The number of halogens is 4. The molecular weight excluding hydrogens is 580 g/mol. The Morgan fingerprint density at radius 2 is 1.30 bits per heavy atom. The highest BCUT2D eigenvalue weighted by molar-refractivity contribution is 6.04. The van der Waals surface area contributed by atoms with Crippen LogP contribution in [0.5, 0.6) is 11.5 Å². The molecule has 5 aromatic rings. The van der Waals surface area contributed by atoms with E-state index >= 15 is 0 Å². The van der Waals surface area contributed by atoms with Crippen molar-refractivity contribution in [3.05, 3.63) is 120 Å². The SMILES string of the molecule is O=C(CN(CC(=O)Nc1ccc(Oc2ccc(C(F)(F)F)cc2)cc1)C(=O)c1cc2cccc(F)c2[nH]1)Nc1ccccc1. The van der Waals surface area contributed by atoms with Crippen molar-refractivity contribution in [1.82, 2.24) is 9.88 Å². The molecule has 1 heterocycles. The number of carbonyl (C=O) groups excluding carboxylic acids is 3. The molecule has 12 heteroatoms. The van der Waals surface area contributed by atoms with Crippen molar-refractivity contribution < 1.29 is 36.7 Å². The van der Waals surface area contributed by atoms with Crippen molar-refractivity contribution >= 4 is 40.0 Å². The predicted octanol–water partition coefficient (Wildman–Crippen LogP) is 6.84. The van der Waals surface area contributed by atoms with Crippen LogP contribution in [0, 0.1) is 5.82 Å². The van der Waals surface area contributed by atoms with E-state index in [1.165, 1.54) is 54.6 Å². The highest BCUT2D eigenvalue weighted by Gasteiger charge is 2.30. The van der Waals surface area contributed by atoms with Gasteiger partial charge in [-0.3, -0.25) is 14.4 Å². The summed E-state index contributed by atoms with van der Waals surface area (Å²) in [6, 6.07) is 24.6. The lowest BCUT2D eigenvalue weighted by molar-refractivity contribution is -0.137. The zero-order valence-electron chi connectivity index (χ0n) is 22.8. The molecule has 0 fully saturated rings. The third-order valence-electron chi connectivity index (χ3n) is 6.40. The van der Waals surface area contributed by atoms with E-state index in [-0.39, 0.29) is 17.0 Å². The first-order valence-corrected chi connectivity index (χ1v) is 13.2. The average Bonchev–Trinajstić information content (AvgIpc) is 3.44. The quantitative estimate of drug-likeness (QED) is 0.160. The average molecular weight is 605 g/mol. The van der Waals surface area contributed by atoms with E-state index in [1.807, 2.05) is 0 Å². The second-order valence-corrected chi connectivity index (χ2v) is 9.66. The summed E-state index contributed by atoms with van der Waals surface area (Å²) >= 11 is 0. The van der Waals surface area contributed by atoms with Crippen LogP contribution < -0.4 is 15.4 Å². The highest BCUT2D eigenvalue weighted by Crippen LogP contribution is 2.31. The number of hydrogen-bond donors (Lipinski definition) is 3. The summed E-state index contributed by atoms with van der Waals surface area (Å²) in [5.41, 5.74) is 0.150. The van der Waals surface area contributed by atoms with Crippen LogP contribution >= 0.6 is 0 Å². The van der Waals surface area contributed by atoms with Crippen molar-refractivity contribution in [3.63, 3.8) is 0 Å². The molecule has 0 aliphatic heterocycles. The van der Waals surface area contributed by atoms with Gasteiger partial charge in [0.25, 0.3) is 5.91 Å². The van der Waals surface area contributed by atoms with Crippen LogP contribution in [0.1, 0.15) is 16.1 Å². The van der Waals surface area contributed by atoms with Gasteiger partial charge >= 0.3 is 6.18 Å². The molecule has 224 valence electrons. The number of hydrogen-bond acceptors (Lipinski definition) is 4. The lowest BCUT2D eigenvalue weighted by atomic mass is 10.2. The lowest BCUT2D eigenvalue weighted by Crippen LogP contribution is -2.42. The summed E-state index contributed by atoms with van der Waals surface area (Å²) in [6.45, 7) is -0.985. The number of aromatic nitrogens is 1. The number of nitrogens with zero attached hydrogens (tertiary/aromatic N) is 1. The molecule has 0 saturated heterocycles. The maximum atomic E-state index is 14.2. The number of fused-ring (bicyclic) bond motifs is 1. The number of rotatable bonds is 9. The Morgan fingerprint density at radius 3 is 1.86 bits per heavy atom. The first-order chi connectivity index (χ1) is 21.0. The third-order valence-corrected chi connectivity index (χ3v) is 6.40. The van der Waals surface area contributed by atoms with Crippen LogP contribution in [0.15, 0.2) is 103 Å². The Morgan fingerprint density at radius 1 is 0.727 bits per heavy atom. The fourth-order valence-corrected chi connectivity index (χ4v) is 4.33. The normalized spacial score (nSPS) is 11.2. The van der Waals surface area contributed by atoms with E-state index in [2.05, 4.69) is 15.6 Å². The van der Waals surface area contributed by atoms with E-state index in [0.717, 1.165) is 17.0 Å². The number of carbonyl (C=O) groups is 3. The van der Waals surface area contributed by atoms with Gasteiger partial charge in [0.05, 0.1) is 11.1 Å². The minimum Gasteiger partial charge on any atom is -0.457 e. The number of amides is 3. The monoisotopic (exact) mass is 604 g/mol. The summed E-state index contributed by atoms with van der Waals surface area (Å²) in [5, 5.41) is 5.76. The minimum atomic E-state index is -4.46. The minimum absolute atomic E-state index is 0.00446. The van der Waals surface area contributed by atoms with E-state index in [4.69, 9.17) is 4.74 Å². The molecule has 0 atom stereocenters. The van der Waals surface area contributed by atoms with Gasteiger partial charge < -0.3 is 25.3 Å². The molecule has 0 spiro atoms. The molecule has 5 rings (SSSR count). The Labute approximate surface area is 248 Å². The number of aromatic amines is 1. The van der Waals surface area contributed by atoms with E-state index in [9.17, 15) is 31.9 Å². The van der Waals surface area contributed by atoms with E-state index in [1.54, 1.807) is 36.4 Å². The Kier molecular flexibility index (Phi) is 8.61. The summed E-state index contributed by atoms with van der Waals surface area (Å²) < 4.78 is 58.2. The smallest absolute Gasteiger partial charge is 0.416 e. The first-order valence-electron chi connectivity index (χ1n) is 13.2. The molecule has 0 saturated carbocycles. The maximum absolute atomic E-state index is 14.2. The van der Waals surface area contributed by atoms with Crippen molar-refractivity contribution in [2.24, 2.45) is 0 Å². The summed E-state index contributed by atoms with van der Waals surface area (Å²) in [7, 11) is 0. The first kappa shape index (κ1) is 29.8. The van der Waals surface area contributed by atoms with Crippen LogP contribution in [0.3, 0.4) is 0 Å². The Hall–Kier alpha value is -5.65. The molecule has 3 N–H and O–H groups in total. The van der Waals surface area contributed by atoms with Gasteiger partial charge in [-0.1, -0.05) is 30.3 Å². The maximum Gasteiger partial charge on any atom is 0.416 e. The van der Waals surface area contributed by atoms with E-state index < -0.39 is 48.4 Å². The Bertz CT molecular complexity index is 1790. The second kappa shape index (κ2) is 12.7. The second-order valence-electron chi connectivity index (χ2n) is 9.66. The van der Waals surface area contributed by atoms with Gasteiger partial charge in [-0.25, -0.2) is 4.39 Å². The highest BCUT2D eigenvalue weighted by atomic mass is 19.4. The topological polar surface area (TPSA) is 104 Å². The standard InChI is InChI=1S/C32H24F4N4O4/c33-26-8-4-5-20-17-27(39-30(20)26)31(43)40(18-28(41)37-22-6-2-1-3-7-22)19-29(42)38-23-11-15-25(16-12-23)44-24-13-9-21(10-14-24)32(34,35)36/h1-17,39H,18-19H2,(H,37,41)(H,38,42). The van der Waals surface area contributed by atoms with Gasteiger partial charge in [0.1, 0.15) is 36.1 Å². The third kappa shape index (κ3) is 7.40. The zero-order chi connectivity index (χ0) is 31.3. The summed E-state index contributed by atoms with van der Waals surface area (Å²) in [5.74, 6) is -1.93. The van der Waals surface area contributed by atoms with Crippen LogP contribution in [0.2, 0.25) is 0 Å². The van der Waals surface area contributed by atoms with Gasteiger partial charge in [0.15, 0.2) is 0 Å². The molecule has 0 radical (unpaired) electrons.